The summed E-state index contributed by atoms with van der Waals surface area (Å²) in [4.78, 5) is 40.6. The molecule has 2 amide bonds. The van der Waals surface area contributed by atoms with Crippen molar-refractivity contribution in [1.29, 1.82) is 0 Å². The predicted octanol–water partition coefficient (Wildman–Crippen LogP) is 1.27. The van der Waals surface area contributed by atoms with Gasteiger partial charge in [0.15, 0.2) is 11.8 Å². The normalized spacial score (nSPS) is 16.1. The third-order valence-electron chi connectivity index (χ3n) is 3.58. The number of hydrogen-bond donors (Lipinski definition) is 2. The van der Waals surface area contributed by atoms with Gasteiger partial charge in [-0.25, -0.2) is 9.78 Å². The number of nitrogens with zero attached hydrogens (tertiary/aromatic N) is 2. The molecule has 2 N–H and O–H groups in total. The summed E-state index contributed by atoms with van der Waals surface area (Å²) in [5, 5.41) is 13.4. The number of benzene rings is 1. The Bertz CT molecular complexity index is 835. The molecule has 130 valence electrons. The molecule has 0 spiro atoms. The number of anilines is 1. The van der Waals surface area contributed by atoms with Gasteiger partial charge >= 0.3 is 5.97 Å². The molecular formula is C16H15N3O5S. The molecule has 0 aliphatic carbocycles. The lowest BCUT2D eigenvalue weighted by molar-refractivity contribution is -0.128. The summed E-state index contributed by atoms with van der Waals surface area (Å²) in [6.45, 7) is 1.58. The lowest BCUT2D eigenvalue weighted by Gasteiger charge is -2.32. The van der Waals surface area contributed by atoms with E-state index in [1.165, 1.54) is 10.3 Å². The summed E-state index contributed by atoms with van der Waals surface area (Å²) in [6, 6.07) is 7.01. The highest BCUT2D eigenvalue weighted by molar-refractivity contribution is 7.09. The number of ether oxygens (including phenoxy) is 1. The van der Waals surface area contributed by atoms with Gasteiger partial charge in [0.25, 0.3) is 5.91 Å². The summed E-state index contributed by atoms with van der Waals surface area (Å²) in [7, 11) is 0. The second-order valence-corrected chi connectivity index (χ2v) is 6.30. The Kier molecular flexibility index (Phi) is 4.66. The van der Waals surface area contributed by atoms with Gasteiger partial charge in [-0.15, -0.1) is 11.3 Å². The van der Waals surface area contributed by atoms with Crippen LogP contribution >= 0.6 is 11.3 Å². The van der Waals surface area contributed by atoms with Crippen LogP contribution in [0.1, 0.15) is 22.4 Å². The minimum atomic E-state index is -1.11. The Morgan fingerprint density at radius 2 is 2.16 bits per heavy atom. The number of aromatic nitrogens is 1. The second kappa shape index (κ2) is 6.89. The summed E-state index contributed by atoms with van der Waals surface area (Å²) >= 11 is 1.15. The maximum atomic E-state index is 12.3. The largest absolute Gasteiger partial charge is 0.479 e. The van der Waals surface area contributed by atoms with E-state index in [4.69, 9.17) is 9.84 Å². The fraction of sp³-hybridized carbons (Fsp3) is 0.250. The highest BCUT2D eigenvalue weighted by atomic mass is 32.1. The van der Waals surface area contributed by atoms with Crippen molar-refractivity contribution in [1.82, 2.24) is 10.3 Å². The van der Waals surface area contributed by atoms with E-state index in [9.17, 15) is 14.4 Å². The van der Waals surface area contributed by atoms with Gasteiger partial charge < -0.3 is 15.2 Å². The van der Waals surface area contributed by atoms with Gasteiger partial charge in [0.1, 0.15) is 17.3 Å². The number of carboxylic acid groups (broad SMARTS) is 1. The molecule has 0 fully saturated rings. The van der Waals surface area contributed by atoms with Crippen molar-refractivity contribution in [3.63, 3.8) is 0 Å². The van der Waals surface area contributed by atoms with Crippen LogP contribution in [0.4, 0.5) is 5.69 Å². The number of amides is 2. The lowest BCUT2D eigenvalue weighted by atomic mass is 10.2. The third kappa shape index (κ3) is 3.61. The first kappa shape index (κ1) is 16.9. The summed E-state index contributed by atoms with van der Waals surface area (Å²) in [5.74, 6) is -1.23. The summed E-state index contributed by atoms with van der Waals surface area (Å²) < 4.78 is 5.52. The number of hydrogen-bond acceptors (Lipinski definition) is 6. The van der Waals surface area contributed by atoms with Gasteiger partial charge in [-0.1, -0.05) is 12.1 Å². The Morgan fingerprint density at radius 1 is 1.40 bits per heavy atom. The van der Waals surface area contributed by atoms with Gasteiger partial charge in [0.2, 0.25) is 5.91 Å². The number of fused-ring (bicyclic) bond motifs is 1. The molecule has 0 unspecified atom stereocenters. The number of carbonyl (C=O) groups is 3. The monoisotopic (exact) mass is 361 g/mol. The number of rotatable bonds is 5. The van der Waals surface area contributed by atoms with Crippen molar-refractivity contribution in [2.24, 2.45) is 0 Å². The summed E-state index contributed by atoms with van der Waals surface area (Å²) in [5.41, 5.74) is 0.489. The van der Waals surface area contributed by atoms with E-state index in [1.807, 2.05) is 0 Å². The number of thiazole rings is 1. The smallest absolute Gasteiger partial charge is 0.355 e. The van der Waals surface area contributed by atoms with Crippen LogP contribution < -0.4 is 15.0 Å². The number of carbonyl (C=O) groups excluding carboxylic acids is 2. The van der Waals surface area contributed by atoms with E-state index < -0.39 is 12.1 Å². The van der Waals surface area contributed by atoms with Crippen molar-refractivity contribution >= 4 is 34.8 Å². The molecule has 3 rings (SSSR count). The van der Waals surface area contributed by atoms with Crippen LogP contribution in [0.3, 0.4) is 0 Å². The number of nitrogens with one attached hydrogen (secondary N) is 1. The van der Waals surface area contributed by atoms with Crippen molar-refractivity contribution in [2.45, 2.75) is 19.6 Å². The Morgan fingerprint density at radius 3 is 2.88 bits per heavy atom. The van der Waals surface area contributed by atoms with Gasteiger partial charge in [-0.05, 0) is 19.1 Å². The lowest BCUT2D eigenvalue weighted by Crippen LogP contribution is -2.48. The molecule has 1 aromatic heterocycles. The number of para-hydroxylation sites is 2. The molecule has 1 atom stereocenters. The van der Waals surface area contributed by atoms with Gasteiger partial charge in [-0.3, -0.25) is 14.5 Å². The molecule has 1 aliphatic heterocycles. The topological polar surface area (TPSA) is 109 Å². The zero-order chi connectivity index (χ0) is 18.0. The fourth-order valence-corrected chi connectivity index (χ4v) is 3.09. The SMILES string of the molecule is C[C@H]1Oc2ccccc2N(CC(=O)NCc2nc(C(=O)O)cs2)C1=O. The molecule has 2 aromatic rings. The fourth-order valence-electron chi connectivity index (χ4n) is 2.39. The Balaban J connectivity index is 1.65. The van der Waals surface area contributed by atoms with Crippen LogP contribution in [0.25, 0.3) is 0 Å². The average Bonchev–Trinajstić information content (AvgIpc) is 3.06. The van der Waals surface area contributed by atoms with Gasteiger partial charge in [0.05, 0.1) is 12.2 Å². The summed E-state index contributed by atoms with van der Waals surface area (Å²) in [6.07, 6.45) is -0.667. The van der Waals surface area contributed by atoms with E-state index in [2.05, 4.69) is 10.3 Å². The van der Waals surface area contributed by atoms with Crippen molar-refractivity contribution < 1.29 is 24.2 Å². The maximum Gasteiger partial charge on any atom is 0.355 e. The highest BCUT2D eigenvalue weighted by Gasteiger charge is 2.32. The van der Waals surface area contributed by atoms with Crippen molar-refractivity contribution in [2.75, 3.05) is 11.4 Å². The van der Waals surface area contributed by atoms with E-state index in [1.54, 1.807) is 31.2 Å². The minimum Gasteiger partial charge on any atom is -0.479 e. The maximum absolute atomic E-state index is 12.3. The van der Waals surface area contributed by atoms with Crippen LogP contribution in [0.15, 0.2) is 29.6 Å². The first-order valence-electron chi connectivity index (χ1n) is 7.47. The molecule has 2 heterocycles. The minimum absolute atomic E-state index is 0.0552. The quantitative estimate of drug-likeness (QED) is 0.830. The van der Waals surface area contributed by atoms with Crippen LogP contribution in [-0.4, -0.2) is 40.5 Å². The van der Waals surface area contributed by atoms with Crippen LogP contribution in [-0.2, 0) is 16.1 Å². The van der Waals surface area contributed by atoms with Gasteiger partial charge in [0, 0.05) is 5.38 Å². The Labute approximate surface area is 147 Å². The number of carboxylic acids is 1. The predicted molar refractivity (Wildman–Crippen MR) is 89.8 cm³/mol. The van der Waals surface area contributed by atoms with Crippen LogP contribution in [0.2, 0.25) is 0 Å². The molecule has 0 saturated heterocycles. The molecule has 0 saturated carbocycles. The molecule has 25 heavy (non-hydrogen) atoms. The van der Waals surface area contributed by atoms with Gasteiger partial charge in [-0.2, -0.15) is 0 Å². The van der Waals surface area contributed by atoms with Crippen LogP contribution in [0.5, 0.6) is 5.75 Å². The molecule has 1 aromatic carbocycles. The van der Waals surface area contributed by atoms with Crippen molar-refractivity contribution in [3.05, 3.63) is 40.3 Å². The van der Waals surface area contributed by atoms with E-state index >= 15 is 0 Å². The average molecular weight is 361 g/mol. The molecule has 9 heteroatoms. The zero-order valence-electron chi connectivity index (χ0n) is 13.3. The second-order valence-electron chi connectivity index (χ2n) is 5.36. The van der Waals surface area contributed by atoms with E-state index in [-0.39, 0.29) is 30.6 Å². The molecule has 1 aliphatic rings. The first-order valence-corrected chi connectivity index (χ1v) is 8.35. The first-order chi connectivity index (χ1) is 12.0. The van der Waals surface area contributed by atoms with E-state index in [0.717, 1.165) is 11.3 Å². The Hall–Kier alpha value is -2.94. The molecule has 0 radical (unpaired) electrons. The highest BCUT2D eigenvalue weighted by Crippen LogP contribution is 2.33. The van der Waals surface area contributed by atoms with Crippen LogP contribution in [0, 0.1) is 0 Å². The van der Waals surface area contributed by atoms with Crippen molar-refractivity contribution in [3.8, 4) is 5.75 Å². The molecular weight excluding hydrogens is 346 g/mol. The molecule has 0 bridgehead atoms. The molecule has 8 nitrogen and oxygen atoms in total. The third-order valence-corrected chi connectivity index (χ3v) is 4.43. The van der Waals surface area contributed by atoms with E-state index in [0.29, 0.717) is 16.4 Å². The standard InChI is InChI=1S/C16H15N3O5S/c1-9-15(21)19(11-4-2-3-5-12(11)24-9)7-13(20)17-6-14-18-10(8-25-14)16(22)23/h2-5,8-9H,6-7H2,1H3,(H,17,20)(H,22,23)/t9-/m1/s1. The number of aromatic carboxylic acids is 1. The zero-order valence-corrected chi connectivity index (χ0v) is 14.1.